The van der Waals surface area contributed by atoms with Gasteiger partial charge in [-0.05, 0) is 36.5 Å². The lowest BCUT2D eigenvalue weighted by Gasteiger charge is -2.35. The van der Waals surface area contributed by atoms with Crippen LogP contribution < -0.4 is 4.74 Å². The summed E-state index contributed by atoms with van der Waals surface area (Å²) in [5.74, 6) is 0.806. The normalized spacial score (nSPS) is 18.7. The van der Waals surface area contributed by atoms with E-state index in [-0.39, 0.29) is 11.2 Å². The molecule has 2 rings (SSSR count). The number of ether oxygens (including phenoxy) is 1. The quantitative estimate of drug-likeness (QED) is 0.749. The fourth-order valence-corrected chi connectivity index (χ4v) is 5.87. The lowest BCUT2D eigenvalue weighted by atomic mass is 9.77. The van der Waals surface area contributed by atoms with Gasteiger partial charge in [0, 0.05) is 5.33 Å². The highest BCUT2D eigenvalue weighted by Crippen LogP contribution is 2.40. The maximum atomic E-state index is 12.7. The Morgan fingerprint density at radius 3 is 2.55 bits per heavy atom. The van der Waals surface area contributed by atoms with Crippen LogP contribution in [0.2, 0.25) is 0 Å². The van der Waals surface area contributed by atoms with Crippen LogP contribution in [0.15, 0.2) is 29.2 Å². The molecule has 1 saturated carbocycles. The van der Waals surface area contributed by atoms with E-state index in [4.69, 9.17) is 4.74 Å². The van der Waals surface area contributed by atoms with Crippen LogP contribution in [0, 0.1) is 5.41 Å². The van der Waals surface area contributed by atoms with Gasteiger partial charge in [-0.25, -0.2) is 8.42 Å². The molecular weight excluding hydrogens is 340 g/mol. The van der Waals surface area contributed by atoms with E-state index < -0.39 is 9.84 Å². The zero-order chi connectivity index (χ0) is 14.6. The van der Waals surface area contributed by atoms with E-state index in [0.29, 0.717) is 10.6 Å². The third-order valence-corrected chi connectivity index (χ3v) is 7.25. The first kappa shape index (κ1) is 15.8. The number of methoxy groups -OCH3 is 1. The Morgan fingerprint density at radius 1 is 1.25 bits per heavy atom. The Balaban J connectivity index is 2.25. The summed E-state index contributed by atoms with van der Waals surface area (Å²) < 4.78 is 30.4. The molecule has 1 fully saturated rings. The minimum atomic E-state index is -3.27. The van der Waals surface area contributed by atoms with E-state index in [2.05, 4.69) is 15.9 Å². The number of sulfone groups is 1. The molecule has 112 valence electrons. The van der Waals surface area contributed by atoms with Gasteiger partial charge in [0.2, 0.25) is 0 Å². The smallest absolute Gasteiger partial charge is 0.179 e. The van der Waals surface area contributed by atoms with Crippen LogP contribution in [0.5, 0.6) is 5.75 Å². The first-order valence-corrected chi connectivity index (χ1v) is 9.72. The summed E-state index contributed by atoms with van der Waals surface area (Å²) in [4.78, 5) is 0.364. The third kappa shape index (κ3) is 3.55. The number of benzene rings is 1. The third-order valence-electron chi connectivity index (χ3n) is 4.09. The van der Waals surface area contributed by atoms with E-state index in [9.17, 15) is 8.42 Å². The molecule has 0 bridgehead atoms. The van der Waals surface area contributed by atoms with E-state index in [1.807, 2.05) is 0 Å². The van der Waals surface area contributed by atoms with Crippen LogP contribution in [0.1, 0.15) is 32.1 Å². The molecule has 1 aliphatic rings. The molecule has 0 amide bonds. The largest absolute Gasteiger partial charge is 0.497 e. The summed E-state index contributed by atoms with van der Waals surface area (Å²) in [6.07, 6.45) is 5.44. The highest BCUT2D eigenvalue weighted by molar-refractivity contribution is 9.09. The number of rotatable bonds is 5. The Labute approximate surface area is 129 Å². The second-order valence-corrected chi connectivity index (χ2v) is 8.18. The summed E-state index contributed by atoms with van der Waals surface area (Å²) in [5, 5.41) is 0.753. The molecule has 0 saturated heterocycles. The van der Waals surface area contributed by atoms with Crippen LogP contribution in [0.25, 0.3) is 0 Å². The minimum absolute atomic E-state index is 0.111. The van der Waals surface area contributed by atoms with Gasteiger partial charge in [0.25, 0.3) is 0 Å². The van der Waals surface area contributed by atoms with Gasteiger partial charge in [0.15, 0.2) is 9.84 Å². The van der Waals surface area contributed by atoms with Gasteiger partial charge in [-0.15, -0.1) is 0 Å². The van der Waals surface area contributed by atoms with Gasteiger partial charge in [0.1, 0.15) is 5.75 Å². The van der Waals surface area contributed by atoms with E-state index in [0.717, 1.165) is 31.0 Å². The molecule has 0 heterocycles. The van der Waals surface area contributed by atoms with Crippen molar-refractivity contribution in [2.24, 2.45) is 5.41 Å². The molecule has 0 spiro atoms. The van der Waals surface area contributed by atoms with Gasteiger partial charge < -0.3 is 4.74 Å². The summed E-state index contributed by atoms with van der Waals surface area (Å²) >= 11 is 3.53. The topological polar surface area (TPSA) is 43.4 Å². The van der Waals surface area contributed by atoms with Crippen molar-refractivity contribution in [1.82, 2.24) is 0 Å². The number of halogens is 1. The highest BCUT2D eigenvalue weighted by atomic mass is 79.9. The molecule has 0 aromatic heterocycles. The fourth-order valence-electron chi connectivity index (χ4n) is 2.90. The van der Waals surface area contributed by atoms with Crippen molar-refractivity contribution in [3.05, 3.63) is 24.3 Å². The monoisotopic (exact) mass is 360 g/mol. The lowest BCUT2D eigenvalue weighted by Crippen LogP contribution is -2.34. The standard InChI is InChI=1S/C15H21BrO3S/c1-19-13-6-5-7-14(10-13)20(17,18)12-15(11-16)8-3-2-4-9-15/h5-7,10H,2-4,8-9,11-12H2,1H3. The van der Waals surface area contributed by atoms with Crippen molar-refractivity contribution in [2.75, 3.05) is 18.2 Å². The molecule has 0 radical (unpaired) electrons. The molecule has 1 aromatic carbocycles. The Bertz CT molecular complexity index is 548. The summed E-state index contributed by atoms with van der Waals surface area (Å²) in [6, 6.07) is 6.76. The first-order valence-electron chi connectivity index (χ1n) is 6.94. The van der Waals surface area contributed by atoms with Crippen molar-refractivity contribution in [3.8, 4) is 5.75 Å². The molecule has 3 nitrogen and oxygen atoms in total. The van der Waals surface area contributed by atoms with E-state index in [1.54, 1.807) is 31.4 Å². The van der Waals surface area contributed by atoms with E-state index >= 15 is 0 Å². The molecule has 1 aliphatic carbocycles. The second-order valence-electron chi connectivity index (χ2n) is 5.63. The van der Waals surface area contributed by atoms with Crippen molar-refractivity contribution in [3.63, 3.8) is 0 Å². The van der Waals surface area contributed by atoms with Gasteiger partial charge in [-0.2, -0.15) is 0 Å². The average Bonchev–Trinajstić information content (AvgIpc) is 2.48. The van der Waals surface area contributed by atoms with Crippen LogP contribution in [0.4, 0.5) is 0 Å². The molecule has 20 heavy (non-hydrogen) atoms. The van der Waals surface area contributed by atoms with Crippen molar-refractivity contribution >= 4 is 25.8 Å². The Morgan fingerprint density at radius 2 is 1.95 bits per heavy atom. The van der Waals surface area contributed by atoms with Gasteiger partial charge in [0.05, 0.1) is 17.8 Å². The zero-order valence-electron chi connectivity index (χ0n) is 11.8. The molecule has 1 aromatic rings. The predicted octanol–water partition coefficient (Wildman–Crippen LogP) is 3.81. The highest BCUT2D eigenvalue weighted by Gasteiger charge is 2.36. The molecule has 0 unspecified atom stereocenters. The molecule has 5 heteroatoms. The minimum Gasteiger partial charge on any atom is -0.497 e. The van der Waals surface area contributed by atoms with Crippen molar-refractivity contribution in [1.29, 1.82) is 0 Å². The Hall–Kier alpha value is -0.550. The van der Waals surface area contributed by atoms with Gasteiger partial charge in [-0.3, -0.25) is 0 Å². The van der Waals surface area contributed by atoms with Crippen LogP contribution >= 0.6 is 15.9 Å². The zero-order valence-corrected chi connectivity index (χ0v) is 14.2. The lowest BCUT2D eigenvalue weighted by molar-refractivity contribution is 0.256. The predicted molar refractivity (Wildman–Crippen MR) is 84.4 cm³/mol. The van der Waals surface area contributed by atoms with Crippen molar-refractivity contribution < 1.29 is 13.2 Å². The summed E-state index contributed by atoms with van der Waals surface area (Å²) in [5.41, 5.74) is -0.111. The number of alkyl halides is 1. The number of hydrogen-bond acceptors (Lipinski definition) is 3. The van der Waals surface area contributed by atoms with Crippen molar-refractivity contribution in [2.45, 2.75) is 37.0 Å². The average molecular weight is 361 g/mol. The molecule has 0 atom stereocenters. The maximum Gasteiger partial charge on any atom is 0.179 e. The van der Waals surface area contributed by atoms with Crippen LogP contribution in [-0.2, 0) is 9.84 Å². The van der Waals surface area contributed by atoms with E-state index in [1.165, 1.54) is 6.42 Å². The summed E-state index contributed by atoms with van der Waals surface area (Å²) in [6.45, 7) is 0. The fraction of sp³-hybridized carbons (Fsp3) is 0.600. The summed E-state index contributed by atoms with van der Waals surface area (Å²) in [7, 11) is -1.72. The van der Waals surface area contributed by atoms with Gasteiger partial charge in [-0.1, -0.05) is 41.3 Å². The first-order chi connectivity index (χ1) is 9.51. The number of hydrogen-bond donors (Lipinski definition) is 0. The molecule has 0 aliphatic heterocycles. The second kappa shape index (κ2) is 6.48. The SMILES string of the molecule is COc1cccc(S(=O)(=O)CC2(CBr)CCCCC2)c1. The molecular formula is C15H21BrO3S. The van der Waals surface area contributed by atoms with Crippen LogP contribution in [0.3, 0.4) is 0 Å². The van der Waals surface area contributed by atoms with Gasteiger partial charge >= 0.3 is 0 Å². The Kier molecular flexibility index (Phi) is 5.13. The maximum absolute atomic E-state index is 12.7. The molecule has 0 N–H and O–H groups in total. The van der Waals surface area contributed by atoms with Crippen LogP contribution in [-0.4, -0.2) is 26.6 Å².